The summed E-state index contributed by atoms with van der Waals surface area (Å²) in [7, 11) is -0.247. The van der Waals surface area contributed by atoms with E-state index >= 15 is 0 Å². The van der Waals surface area contributed by atoms with Gasteiger partial charge in [-0.15, -0.1) is 0 Å². The van der Waals surface area contributed by atoms with Crippen LogP contribution in [0.1, 0.15) is 158 Å². The lowest BCUT2D eigenvalue weighted by atomic mass is 9.75. The molecule has 4 heteroatoms. The van der Waals surface area contributed by atoms with Gasteiger partial charge in [0.05, 0.1) is 11.8 Å². The van der Waals surface area contributed by atoms with Crippen LogP contribution in [-0.2, 0) is 32.5 Å². The zero-order valence-electron chi connectivity index (χ0n) is 29.5. The van der Waals surface area contributed by atoms with E-state index in [0.717, 1.165) is 12.7 Å². The summed E-state index contributed by atoms with van der Waals surface area (Å²) in [4.78, 5) is 0. The number of benzene rings is 2. The van der Waals surface area contributed by atoms with Gasteiger partial charge in [-0.2, -0.15) is 0 Å². The number of halogens is 2. The smallest absolute Gasteiger partial charge is 0.0845 e. The predicted octanol–water partition coefficient (Wildman–Crippen LogP) is 12.3. The van der Waals surface area contributed by atoms with Crippen LogP contribution >= 0.6 is 38.3 Å². The molecule has 0 amide bonds. The van der Waals surface area contributed by atoms with E-state index in [2.05, 4.69) is 149 Å². The lowest BCUT2D eigenvalue weighted by molar-refractivity contribution is 0.553. The minimum absolute atomic E-state index is 0.0304. The van der Waals surface area contributed by atoms with Crippen LogP contribution in [0.2, 0.25) is 0 Å². The fraction of sp³-hybridized carbons (Fsp3) is 0.649. The van der Waals surface area contributed by atoms with Gasteiger partial charge in [-0.1, -0.05) is 172 Å². The fourth-order valence-electron chi connectivity index (χ4n) is 4.98. The Balaban J connectivity index is 3.04. The molecule has 0 bridgehead atoms. The zero-order chi connectivity index (χ0) is 32.3. The molecule has 2 aromatic rings. The van der Waals surface area contributed by atoms with Crippen molar-refractivity contribution in [3.8, 4) is 0 Å². The van der Waals surface area contributed by atoms with Gasteiger partial charge in [-0.25, -0.2) is 0 Å². The highest BCUT2D eigenvalue weighted by Gasteiger charge is 2.34. The molecule has 0 saturated heterocycles. The van der Waals surface area contributed by atoms with Crippen LogP contribution in [-0.4, -0.2) is 4.49 Å². The molecule has 0 saturated carbocycles. The first-order chi connectivity index (χ1) is 18.0. The van der Waals surface area contributed by atoms with Crippen LogP contribution in [0.25, 0.3) is 0 Å². The number of hydrogen-bond donors (Lipinski definition) is 0. The van der Waals surface area contributed by atoms with Crippen LogP contribution in [0.15, 0.2) is 24.3 Å². The first-order valence-corrected chi connectivity index (χ1v) is 18.6. The molecule has 1 unspecified atom stereocenters. The highest BCUT2D eigenvalue weighted by molar-refractivity contribution is 8.11. The second-order valence-electron chi connectivity index (χ2n) is 18.0. The molecule has 2 rings (SSSR count). The average molecular weight is 636 g/mol. The molecule has 0 nitrogen and oxygen atoms in total. The maximum atomic E-state index is 7.62. The van der Waals surface area contributed by atoms with Gasteiger partial charge >= 0.3 is 0 Å². The molecule has 0 aliphatic carbocycles. The normalized spacial score (nSPS) is 15.4. The van der Waals surface area contributed by atoms with Crippen molar-refractivity contribution in [2.24, 2.45) is 0 Å². The standard InChI is InChI=1S/C37H58Cl2P2/c1-32(2,3)23-19-25(34(7,8)9)29(26(20-23)35(10,11)12)40-31(38)41(39)30-27(36(13,14)15)21-24(33(4,5)6)22-28(30)37(16,17)18/h19-22H,1-18H3. The molecule has 0 heterocycles. The molecule has 0 aliphatic heterocycles. The van der Waals surface area contributed by atoms with E-state index in [4.69, 9.17) is 22.8 Å². The quantitative estimate of drug-likeness (QED) is 0.295. The van der Waals surface area contributed by atoms with Crippen LogP contribution in [0.5, 0.6) is 0 Å². The van der Waals surface area contributed by atoms with Crippen molar-refractivity contribution in [1.29, 1.82) is 0 Å². The lowest BCUT2D eigenvalue weighted by Gasteiger charge is -2.35. The monoisotopic (exact) mass is 634 g/mol. The molecule has 0 radical (unpaired) electrons. The summed E-state index contributed by atoms with van der Waals surface area (Å²) in [5.74, 6) is 0. The van der Waals surface area contributed by atoms with Gasteiger partial charge in [0, 0.05) is 10.6 Å². The molecule has 1 atom stereocenters. The summed E-state index contributed by atoms with van der Waals surface area (Å²) in [6.45, 7) is 41.5. The van der Waals surface area contributed by atoms with E-state index in [0.29, 0.717) is 0 Å². The van der Waals surface area contributed by atoms with Crippen molar-refractivity contribution in [3.05, 3.63) is 57.6 Å². The molecular weight excluding hydrogens is 577 g/mol. The second-order valence-corrected chi connectivity index (χ2v) is 22.8. The van der Waals surface area contributed by atoms with Crippen molar-refractivity contribution >= 4 is 53.4 Å². The molecule has 0 N–H and O–H groups in total. The van der Waals surface area contributed by atoms with Crippen molar-refractivity contribution < 1.29 is 0 Å². The predicted molar refractivity (Wildman–Crippen MR) is 195 cm³/mol. The van der Waals surface area contributed by atoms with E-state index in [-0.39, 0.29) is 32.5 Å². The first-order valence-electron chi connectivity index (χ1n) is 15.1. The van der Waals surface area contributed by atoms with Gasteiger partial charge in [-0.3, -0.25) is 0 Å². The Kier molecular flexibility index (Phi) is 10.6. The largest absolute Gasteiger partial charge is 0.0886 e. The van der Waals surface area contributed by atoms with Crippen molar-refractivity contribution in [1.82, 2.24) is 0 Å². The summed E-state index contributed by atoms with van der Waals surface area (Å²) in [6, 6.07) is 9.67. The van der Waals surface area contributed by atoms with Gasteiger partial charge in [0.15, 0.2) is 0 Å². The third kappa shape index (κ3) is 8.85. The number of hydrogen-bond acceptors (Lipinski definition) is 0. The van der Waals surface area contributed by atoms with E-state index in [9.17, 15) is 0 Å². The van der Waals surface area contributed by atoms with E-state index in [1.165, 1.54) is 44.0 Å². The Morgan fingerprint density at radius 3 is 1.00 bits per heavy atom. The Morgan fingerprint density at radius 2 is 0.756 bits per heavy atom. The topological polar surface area (TPSA) is 0 Å². The lowest BCUT2D eigenvalue weighted by Crippen LogP contribution is -2.32. The third-order valence-corrected chi connectivity index (χ3v) is 13.1. The van der Waals surface area contributed by atoms with Crippen molar-refractivity contribution in [2.45, 2.75) is 157 Å². The zero-order valence-corrected chi connectivity index (χ0v) is 32.8. The Labute approximate surface area is 267 Å². The highest BCUT2D eigenvalue weighted by Crippen LogP contribution is 2.52. The average Bonchev–Trinajstić information content (AvgIpc) is 2.73. The minimum Gasteiger partial charge on any atom is -0.0845 e. The number of rotatable bonds is 3. The summed E-state index contributed by atoms with van der Waals surface area (Å²) in [5.41, 5.74) is 8.00. The van der Waals surface area contributed by atoms with Gasteiger partial charge in [0.2, 0.25) is 0 Å². The summed E-state index contributed by atoms with van der Waals surface area (Å²) in [6.07, 6.45) is 0. The molecular formula is C37H58Cl2P2. The van der Waals surface area contributed by atoms with E-state index in [1.807, 2.05) is 0 Å². The summed E-state index contributed by atoms with van der Waals surface area (Å²) in [5, 5.41) is 2.56. The van der Waals surface area contributed by atoms with Gasteiger partial charge < -0.3 is 0 Å². The highest BCUT2D eigenvalue weighted by atomic mass is 35.7. The molecule has 0 spiro atoms. The SMILES string of the molecule is CC(C)(C)c1cc(C(C)(C)C)c(P=C(Cl)P(Cl)c2c(C(C)(C)C)cc(C(C)(C)C)cc2C(C)(C)C)c(C(C)(C)C)c1. The summed E-state index contributed by atoms with van der Waals surface area (Å²) < 4.78 is 0.834. The molecule has 41 heavy (non-hydrogen) atoms. The maximum absolute atomic E-state index is 7.62. The third-order valence-electron chi connectivity index (χ3n) is 7.75. The minimum atomic E-state index is -1.26. The van der Waals surface area contributed by atoms with Gasteiger partial charge in [0.1, 0.15) is 0 Å². The Bertz CT molecular complexity index is 1220. The maximum Gasteiger partial charge on any atom is 0.0886 e. The fourth-order valence-corrected chi connectivity index (χ4v) is 9.96. The van der Waals surface area contributed by atoms with Crippen LogP contribution in [0.4, 0.5) is 0 Å². The van der Waals surface area contributed by atoms with Gasteiger partial charge in [-0.05, 0) is 74.1 Å². The second kappa shape index (κ2) is 11.8. The Morgan fingerprint density at radius 1 is 0.488 bits per heavy atom. The van der Waals surface area contributed by atoms with Crippen molar-refractivity contribution in [2.75, 3.05) is 0 Å². The Hall–Kier alpha value is -0.380. The molecule has 230 valence electrons. The summed E-state index contributed by atoms with van der Waals surface area (Å²) >= 11 is 15.1. The van der Waals surface area contributed by atoms with Gasteiger partial charge in [0.25, 0.3) is 0 Å². The van der Waals surface area contributed by atoms with Crippen LogP contribution in [0.3, 0.4) is 0 Å². The molecule has 0 fully saturated rings. The molecule has 0 aliphatic rings. The molecule has 0 aromatic heterocycles. The van der Waals surface area contributed by atoms with Crippen molar-refractivity contribution in [3.63, 3.8) is 0 Å². The molecule has 2 aromatic carbocycles. The van der Waals surface area contributed by atoms with Crippen LogP contribution in [0, 0.1) is 0 Å². The van der Waals surface area contributed by atoms with Crippen LogP contribution < -0.4 is 10.6 Å². The first kappa shape index (κ1) is 36.8. The van der Waals surface area contributed by atoms with E-state index < -0.39 is 7.27 Å². The van der Waals surface area contributed by atoms with E-state index in [1.54, 1.807) is 0 Å².